The molecule has 0 amide bonds. The van der Waals surface area contributed by atoms with Crippen LogP contribution in [0.1, 0.15) is 41.6 Å². The highest BCUT2D eigenvalue weighted by atomic mass is 16.4. The molecule has 0 bridgehead atoms. The highest BCUT2D eigenvalue weighted by Crippen LogP contribution is 2.20. The fraction of sp³-hybridized carbons (Fsp3) is 0.462. The fourth-order valence-corrected chi connectivity index (χ4v) is 1.83. The maximum atomic E-state index is 10.9. The van der Waals surface area contributed by atoms with Gasteiger partial charge >= 0.3 is 5.97 Å². The Morgan fingerprint density at radius 1 is 1.18 bits per heavy atom. The monoisotopic (exact) mass is 236 g/mol. The van der Waals surface area contributed by atoms with Crippen molar-refractivity contribution in [3.05, 3.63) is 29.3 Å². The molecule has 0 aliphatic carbocycles. The van der Waals surface area contributed by atoms with Crippen LogP contribution in [0.25, 0.3) is 0 Å². The zero-order chi connectivity index (χ0) is 12.7. The second kappa shape index (κ2) is 6.91. The maximum Gasteiger partial charge on any atom is 0.337 e. The van der Waals surface area contributed by atoms with Crippen molar-refractivity contribution < 1.29 is 9.90 Å². The van der Waals surface area contributed by atoms with E-state index < -0.39 is 5.97 Å². The lowest BCUT2D eigenvalue weighted by atomic mass is 10.0. The Morgan fingerprint density at radius 2 is 1.88 bits per heavy atom. The van der Waals surface area contributed by atoms with Crippen molar-refractivity contribution in [2.75, 3.05) is 12.3 Å². The first-order chi connectivity index (χ1) is 8.16. The van der Waals surface area contributed by atoms with E-state index in [1.54, 1.807) is 6.07 Å². The molecule has 94 valence electrons. The van der Waals surface area contributed by atoms with Crippen molar-refractivity contribution in [1.29, 1.82) is 0 Å². The summed E-state index contributed by atoms with van der Waals surface area (Å²) in [7, 11) is 0. The minimum Gasteiger partial charge on any atom is -0.478 e. The van der Waals surface area contributed by atoms with Crippen molar-refractivity contribution in [1.82, 2.24) is 0 Å². The van der Waals surface area contributed by atoms with Crippen LogP contribution >= 0.6 is 0 Å². The zero-order valence-electron chi connectivity index (χ0n) is 9.98. The quantitative estimate of drug-likeness (QED) is 0.499. The first-order valence-corrected chi connectivity index (χ1v) is 5.97. The maximum absolute atomic E-state index is 10.9. The van der Waals surface area contributed by atoms with Crippen molar-refractivity contribution in [3.63, 3.8) is 0 Å². The van der Waals surface area contributed by atoms with E-state index in [2.05, 4.69) is 0 Å². The van der Waals surface area contributed by atoms with Gasteiger partial charge in [-0.1, -0.05) is 25.0 Å². The summed E-state index contributed by atoms with van der Waals surface area (Å²) in [5, 5.41) is 8.94. The molecule has 0 radical (unpaired) electrons. The average Bonchev–Trinajstić information content (AvgIpc) is 2.30. The van der Waals surface area contributed by atoms with E-state index >= 15 is 0 Å². The van der Waals surface area contributed by atoms with E-state index in [4.69, 9.17) is 16.6 Å². The highest BCUT2D eigenvalue weighted by molar-refractivity contribution is 5.94. The SMILES string of the molecule is NCCCCCCc1cccc(C(=O)O)c1N. The topological polar surface area (TPSA) is 89.3 Å². The predicted molar refractivity (Wildman–Crippen MR) is 69.0 cm³/mol. The van der Waals surface area contributed by atoms with Crippen LogP contribution in [0.5, 0.6) is 0 Å². The Bertz CT molecular complexity index is 378. The molecule has 0 unspecified atom stereocenters. The largest absolute Gasteiger partial charge is 0.478 e. The summed E-state index contributed by atoms with van der Waals surface area (Å²) >= 11 is 0. The van der Waals surface area contributed by atoms with Gasteiger partial charge in [-0.05, 0) is 37.4 Å². The lowest BCUT2D eigenvalue weighted by Gasteiger charge is -2.08. The van der Waals surface area contributed by atoms with Gasteiger partial charge in [0.1, 0.15) is 0 Å². The second-order valence-corrected chi connectivity index (χ2v) is 4.14. The van der Waals surface area contributed by atoms with Crippen LogP contribution < -0.4 is 11.5 Å². The molecular formula is C13H20N2O2. The Kier molecular flexibility index (Phi) is 5.49. The van der Waals surface area contributed by atoms with Crippen LogP contribution in [0.4, 0.5) is 5.69 Å². The lowest BCUT2D eigenvalue weighted by molar-refractivity contribution is 0.0698. The number of carboxylic acid groups (broad SMARTS) is 1. The van der Waals surface area contributed by atoms with Crippen LogP contribution in [-0.4, -0.2) is 17.6 Å². The predicted octanol–water partition coefficient (Wildman–Crippen LogP) is 2.03. The van der Waals surface area contributed by atoms with Crippen molar-refractivity contribution >= 4 is 11.7 Å². The van der Waals surface area contributed by atoms with Gasteiger partial charge in [0.15, 0.2) is 0 Å². The molecule has 0 atom stereocenters. The first-order valence-electron chi connectivity index (χ1n) is 5.97. The third kappa shape index (κ3) is 4.07. The number of para-hydroxylation sites is 1. The van der Waals surface area contributed by atoms with Gasteiger partial charge in [-0.15, -0.1) is 0 Å². The summed E-state index contributed by atoms with van der Waals surface area (Å²) in [6, 6.07) is 5.18. The number of carboxylic acids is 1. The van der Waals surface area contributed by atoms with Crippen LogP contribution in [0.2, 0.25) is 0 Å². The molecule has 4 nitrogen and oxygen atoms in total. The lowest BCUT2D eigenvalue weighted by Crippen LogP contribution is -2.05. The third-order valence-electron chi connectivity index (χ3n) is 2.83. The van der Waals surface area contributed by atoms with E-state index in [0.717, 1.165) is 44.2 Å². The zero-order valence-corrected chi connectivity index (χ0v) is 9.98. The van der Waals surface area contributed by atoms with E-state index in [1.807, 2.05) is 6.07 Å². The van der Waals surface area contributed by atoms with Gasteiger partial charge in [-0.3, -0.25) is 0 Å². The summed E-state index contributed by atoms with van der Waals surface area (Å²) in [4.78, 5) is 10.9. The molecular weight excluding hydrogens is 216 g/mol. The molecule has 0 spiro atoms. The smallest absolute Gasteiger partial charge is 0.337 e. The second-order valence-electron chi connectivity index (χ2n) is 4.14. The van der Waals surface area contributed by atoms with Crippen LogP contribution in [0.15, 0.2) is 18.2 Å². The summed E-state index contributed by atoms with van der Waals surface area (Å²) in [6.45, 7) is 0.733. The molecule has 0 heterocycles. The fourth-order valence-electron chi connectivity index (χ4n) is 1.83. The number of unbranched alkanes of at least 4 members (excludes halogenated alkanes) is 3. The summed E-state index contributed by atoms with van der Waals surface area (Å²) < 4.78 is 0. The molecule has 0 aliphatic rings. The van der Waals surface area contributed by atoms with Gasteiger partial charge in [0.2, 0.25) is 0 Å². The van der Waals surface area contributed by atoms with Gasteiger partial charge in [0, 0.05) is 5.69 Å². The number of carbonyl (C=O) groups is 1. The summed E-state index contributed by atoms with van der Waals surface area (Å²) in [5.41, 5.74) is 12.8. The van der Waals surface area contributed by atoms with Crippen molar-refractivity contribution in [3.8, 4) is 0 Å². The van der Waals surface area contributed by atoms with Gasteiger partial charge in [0.25, 0.3) is 0 Å². The number of aryl methyl sites for hydroxylation is 1. The molecule has 5 N–H and O–H groups in total. The number of benzene rings is 1. The Labute approximate surface area is 102 Å². The number of nitrogens with two attached hydrogens (primary N) is 2. The number of rotatable bonds is 7. The molecule has 17 heavy (non-hydrogen) atoms. The Balaban J connectivity index is 2.54. The van der Waals surface area contributed by atoms with Gasteiger partial charge in [-0.25, -0.2) is 4.79 Å². The minimum atomic E-state index is -0.965. The average molecular weight is 236 g/mol. The number of anilines is 1. The van der Waals surface area contributed by atoms with Crippen molar-refractivity contribution in [2.45, 2.75) is 32.1 Å². The Hall–Kier alpha value is -1.55. The minimum absolute atomic E-state index is 0.199. The van der Waals surface area contributed by atoms with E-state index in [1.165, 1.54) is 6.07 Å². The summed E-state index contributed by atoms with van der Waals surface area (Å²) in [5.74, 6) is -0.965. The van der Waals surface area contributed by atoms with Crippen molar-refractivity contribution in [2.24, 2.45) is 5.73 Å². The molecule has 0 saturated heterocycles. The van der Waals surface area contributed by atoms with Gasteiger partial charge in [-0.2, -0.15) is 0 Å². The number of hydrogen-bond donors (Lipinski definition) is 3. The van der Waals surface area contributed by atoms with Crippen LogP contribution in [0, 0.1) is 0 Å². The van der Waals surface area contributed by atoms with Gasteiger partial charge < -0.3 is 16.6 Å². The van der Waals surface area contributed by atoms with Crippen LogP contribution in [0.3, 0.4) is 0 Å². The third-order valence-corrected chi connectivity index (χ3v) is 2.83. The molecule has 1 aromatic carbocycles. The van der Waals surface area contributed by atoms with Gasteiger partial charge in [0.05, 0.1) is 5.56 Å². The number of hydrogen-bond acceptors (Lipinski definition) is 3. The molecule has 0 fully saturated rings. The molecule has 4 heteroatoms. The molecule has 0 aromatic heterocycles. The number of nitrogen functional groups attached to an aromatic ring is 1. The van der Waals surface area contributed by atoms with E-state index in [0.29, 0.717) is 5.69 Å². The Morgan fingerprint density at radius 3 is 2.53 bits per heavy atom. The highest BCUT2D eigenvalue weighted by Gasteiger charge is 2.10. The molecule has 1 aromatic rings. The van der Waals surface area contributed by atoms with E-state index in [-0.39, 0.29) is 5.56 Å². The van der Waals surface area contributed by atoms with Crippen LogP contribution in [-0.2, 0) is 6.42 Å². The summed E-state index contributed by atoms with van der Waals surface area (Å²) in [6.07, 6.45) is 5.12. The molecule has 0 aliphatic heterocycles. The molecule has 1 rings (SSSR count). The van der Waals surface area contributed by atoms with E-state index in [9.17, 15) is 4.79 Å². The number of aromatic carboxylic acids is 1. The standard InChI is InChI=1S/C13H20N2O2/c14-9-4-2-1-3-6-10-7-5-8-11(12(10)15)13(16)17/h5,7-8H,1-4,6,9,14-15H2,(H,16,17). The normalized spacial score (nSPS) is 10.4. The first kappa shape index (κ1) is 13.5. The molecule has 0 saturated carbocycles.